The quantitative estimate of drug-likeness (QED) is 0.286. The third-order valence-corrected chi connectivity index (χ3v) is 4.02. The van der Waals surface area contributed by atoms with Gasteiger partial charge < -0.3 is 9.47 Å². The summed E-state index contributed by atoms with van der Waals surface area (Å²) in [7, 11) is -2.93. The molecule has 1 aromatic rings. The molecule has 2 atom stereocenters. The number of carbonyl (C=O) groups is 1. The van der Waals surface area contributed by atoms with E-state index < -0.39 is 33.6 Å². The fourth-order valence-electron chi connectivity index (χ4n) is 2.27. The number of nitro benzene ring substituents is 1. The van der Waals surface area contributed by atoms with E-state index in [1.54, 1.807) is 20.8 Å². The van der Waals surface area contributed by atoms with Crippen LogP contribution in [0.1, 0.15) is 27.2 Å². The number of nitro groups is 1. The molecule has 0 amide bonds. The van der Waals surface area contributed by atoms with Crippen molar-refractivity contribution < 1.29 is 27.6 Å². The minimum absolute atomic E-state index is 0.0104. The SMILES string of the molecule is CC(C)(C)C(=O)OC1C[C@@H](Oc2ccc(N[SH](=O)=O)cc2[N+](=O)[O-])CN1. The smallest absolute Gasteiger partial charge is 0.313 e. The molecule has 1 saturated heterocycles. The summed E-state index contributed by atoms with van der Waals surface area (Å²) in [6, 6.07) is 3.78. The zero-order valence-electron chi connectivity index (χ0n) is 14.6. The second-order valence-corrected chi connectivity index (χ2v) is 7.57. The van der Waals surface area contributed by atoms with Crippen molar-refractivity contribution in [3.8, 4) is 5.75 Å². The highest BCUT2D eigenvalue weighted by atomic mass is 32.2. The Kier molecular flexibility index (Phi) is 6.03. The molecule has 144 valence electrons. The molecule has 2 N–H and O–H groups in total. The van der Waals surface area contributed by atoms with Gasteiger partial charge in [0.25, 0.3) is 0 Å². The molecule has 1 aliphatic heterocycles. The van der Waals surface area contributed by atoms with Crippen molar-refractivity contribution in [1.29, 1.82) is 0 Å². The number of nitrogens with one attached hydrogen (secondary N) is 2. The van der Waals surface area contributed by atoms with Gasteiger partial charge in [-0.15, -0.1) is 0 Å². The van der Waals surface area contributed by atoms with Crippen LogP contribution in [0.4, 0.5) is 11.4 Å². The van der Waals surface area contributed by atoms with Crippen LogP contribution in [-0.4, -0.2) is 38.2 Å². The summed E-state index contributed by atoms with van der Waals surface area (Å²) >= 11 is 0. The van der Waals surface area contributed by atoms with Gasteiger partial charge in [0.1, 0.15) is 6.10 Å². The summed E-state index contributed by atoms with van der Waals surface area (Å²) < 4.78 is 34.4. The lowest BCUT2D eigenvalue weighted by Crippen LogP contribution is -2.33. The number of hydrogen-bond donors (Lipinski definition) is 3. The van der Waals surface area contributed by atoms with Gasteiger partial charge in [0.15, 0.2) is 12.0 Å². The lowest BCUT2D eigenvalue weighted by Gasteiger charge is -2.20. The molecule has 0 aromatic heterocycles. The van der Waals surface area contributed by atoms with Crippen LogP contribution in [-0.2, 0) is 20.4 Å². The van der Waals surface area contributed by atoms with E-state index in [9.17, 15) is 23.3 Å². The molecular formula is C15H21N3O7S. The van der Waals surface area contributed by atoms with Crippen LogP contribution in [0.2, 0.25) is 0 Å². The molecule has 26 heavy (non-hydrogen) atoms. The molecule has 0 spiro atoms. The van der Waals surface area contributed by atoms with Crippen LogP contribution in [0.5, 0.6) is 5.75 Å². The number of anilines is 1. The Labute approximate surface area is 152 Å². The number of esters is 1. The van der Waals surface area contributed by atoms with Gasteiger partial charge in [0, 0.05) is 19.0 Å². The number of thiol groups is 1. The van der Waals surface area contributed by atoms with Gasteiger partial charge in [-0.2, -0.15) is 0 Å². The molecular weight excluding hydrogens is 366 g/mol. The summed E-state index contributed by atoms with van der Waals surface area (Å²) in [5.74, 6) is -0.347. The van der Waals surface area contributed by atoms with E-state index in [2.05, 4.69) is 10.0 Å². The van der Waals surface area contributed by atoms with Crippen molar-refractivity contribution in [2.45, 2.75) is 39.5 Å². The topological polar surface area (TPSA) is 137 Å². The molecule has 2 rings (SSSR count). The summed E-state index contributed by atoms with van der Waals surface area (Å²) in [6.45, 7) is 5.58. The summed E-state index contributed by atoms with van der Waals surface area (Å²) in [5, 5.41) is 14.2. The average Bonchev–Trinajstić information content (AvgIpc) is 2.94. The second-order valence-electron chi connectivity index (χ2n) is 6.84. The van der Waals surface area contributed by atoms with Crippen LogP contribution >= 0.6 is 0 Å². The van der Waals surface area contributed by atoms with Crippen molar-refractivity contribution in [2.75, 3.05) is 11.3 Å². The van der Waals surface area contributed by atoms with Crippen LogP contribution in [0.25, 0.3) is 0 Å². The van der Waals surface area contributed by atoms with E-state index in [1.165, 1.54) is 12.1 Å². The highest BCUT2D eigenvalue weighted by Crippen LogP contribution is 2.32. The average molecular weight is 387 g/mol. The molecule has 0 saturated carbocycles. The van der Waals surface area contributed by atoms with Crippen molar-refractivity contribution in [1.82, 2.24) is 5.32 Å². The second kappa shape index (κ2) is 7.87. The Morgan fingerprint density at radius 2 is 2.08 bits per heavy atom. The van der Waals surface area contributed by atoms with Crippen molar-refractivity contribution in [3.05, 3.63) is 28.3 Å². The van der Waals surface area contributed by atoms with Crippen LogP contribution in [0, 0.1) is 15.5 Å². The number of hydrogen-bond acceptors (Lipinski definition) is 8. The van der Waals surface area contributed by atoms with E-state index >= 15 is 0 Å². The van der Waals surface area contributed by atoms with Gasteiger partial charge in [0.05, 0.1) is 16.0 Å². The predicted molar refractivity (Wildman–Crippen MR) is 93.4 cm³/mol. The van der Waals surface area contributed by atoms with Crippen molar-refractivity contribution in [2.24, 2.45) is 5.41 Å². The molecule has 10 nitrogen and oxygen atoms in total. The standard InChI is InChI=1S/C15H21N3O7S/c1-15(2,3)14(19)25-13-7-10(8-16-13)24-12-5-4-9(17-26(22)23)6-11(12)18(20)21/h4-6,10,13,16,26H,7-8H2,1-3H3,(H,17,22,23)/t10-,13?/m1/s1. The lowest BCUT2D eigenvalue weighted by atomic mass is 9.97. The maximum atomic E-state index is 11.9. The van der Waals surface area contributed by atoms with E-state index in [-0.39, 0.29) is 23.1 Å². The Bertz CT molecular complexity index is 765. The predicted octanol–water partition coefficient (Wildman–Crippen LogP) is 1.19. The van der Waals surface area contributed by atoms with Crippen molar-refractivity contribution in [3.63, 3.8) is 0 Å². The molecule has 1 fully saturated rings. The normalized spacial score (nSPS) is 20.0. The van der Waals surface area contributed by atoms with Gasteiger partial charge in [-0.05, 0) is 32.9 Å². The van der Waals surface area contributed by atoms with Gasteiger partial charge in [-0.1, -0.05) is 0 Å². The number of carbonyl (C=O) groups excluding carboxylic acids is 1. The first-order chi connectivity index (χ1) is 12.1. The molecule has 11 heteroatoms. The Morgan fingerprint density at radius 3 is 2.65 bits per heavy atom. The highest BCUT2D eigenvalue weighted by Gasteiger charge is 2.33. The van der Waals surface area contributed by atoms with Crippen LogP contribution < -0.4 is 14.8 Å². The molecule has 0 aliphatic carbocycles. The first-order valence-corrected chi connectivity index (χ1v) is 9.04. The highest BCUT2D eigenvalue weighted by molar-refractivity contribution is 7.73. The molecule has 1 unspecified atom stereocenters. The molecule has 1 aliphatic rings. The zero-order chi connectivity index (χ0) is 19.5. The first-order valence-electron chi connectivity index (χ1n) is 7.87. The van der Waals surface area contributed by atoms with E-state index in [0.29, 0.717) is 13.0 Å². The monoisotopic (exact) mass is 387 g/mol. The van der Waals surface area contributed by atoms with Crippen LogP contribution in [0.15, 0.2) is 18.2 Å². The van der Waals surface area contributed by atoms with Crippen molar-refractivity contribution >= 4 is 28.2 Å². The number of ether oxygens (including phenoxy) is 2. The fourth-order valence-corrected chi connectivity index (χ4v) is 2.62. The third kappa shape index (κ3) is 5.30. The number of rotatable bonds is 6. The minimum atomic E-state index is -2.93. The first kappa shape index (κ1) is 19.9. The fraction of sp³-hybridized carbons (Fsp3) is 0.533. The number of nitrogens with zero attached hydrogens (tertiary/aromatic N) is 1. The summed E-state index contributed by atoms with van der Waals surface area (Å²) in [6.07, 6.45) is -0.622. The van der Waals surface area contributed by atoms with E-state index in [0.717, 1.165) is 6.07 Å². The van der Waals surface area contributed by atoms with Gasteiger partial charge in [-0.25, -0.2) is 8.42 Å². The molecule has 0 bridgehead atoms. The van der Waals surface area contributed by atoms with E-state index in [1.807, 2.05) is 0 Å². The van der Waals surface area contributed by atoms with Gasteiger partial charge in [-0.3, -0.25) is 24.9 Å². The Hall–Kier alpha value is -2.40. The van der Waals surface area contributed by atoms with Gasteiger partial charge >= 0.3 is 11.7 Å². The maximum Gasteiger partial charge on any atom is 0.313 e. The van der Waals surface area contributed by atoms with E-state index in [4.69, 9.17) is 9.47 Å². The zero-order valence-corrected chi connectivity index (χ0v) is 15.4. The summed E-state index contributed by atoms with van der Waals surface area (Å²) in [4.78, 5) is 22.5. The summed E-state index contributed by atoms with van der Waals surface area (Å²) in [5.41, 5.74) is -0.922. The Morgan fingerprint density at radius 1 is 1.38 bits per heavy atom. The van der Waals surface area contributed by atoms with Crippen LogP contribution in [0.3, 0.4) is 0 Å². The molecule has 1 aromatic carbocycles. The Balaban J connectivity index is 2.05. The molecule has 0 radical (unpaired) electrons. The third-order valence-electron chi connectivity index (χ3n) is 3.58. The lowest BCUT2D eigenvalue weighted by molar-refractivity contribution is -0.386. The van der Waals surface area contributed by atoms with Gasteiger partial charge in [0.2, 0.25) is 10.9 Å². The molecule has 1 heterocycles. The number of benzene rings is 1. The minimum Gasteiger partial charge on any atom is -0.482 e. The largest absolute Gasteiger partial charge is 0.482 e. The maximum absolute atomic E-state index is 11.9.